The van der Waals surface area contributed by atoms with Crippen LogP contribution in [0.2, 0.25) is 10.0 Å². The zero-order chi connectivity index (χ0) is 32.6. The van der Waals surface area contributed by atoms with Crippen molar-refractivity contribution in [3.05, 3.63) is 157 Å². The molecule has 0 radical (unpaired) electrons. The van der Waals surface area contributed by atoms with E-state index >= 15 is 4.79 Å². The van der Waals surface area contributed by atoms with Crippen LogP contribution in [-0.2, 0) is 21.5 Å². The molecule has 4 unspecified atom stereocenters. The smallest absolute Gasteiger partial charge is 0.352 e. The number of phenols is 1. The SMILES string of the molecule is O=C1C2CC3C(=CCn4c(=O)n(-c5ccccc5)c(=O)n43)C(c3ccc(O)cc3Cl)C2(c2ccccc2)C(=O)N1c1cccc(Cl)c1. The fourth-order valence-electron chi connectivity index (χ4n) is 7.90. The summed E-state index contributed by atoms with van der Waals surface area (Å²) in [6.45, 7) is 0.0572. The first-order valence-corrected chi connectivity index (χ1v) is 15.9. The number of para-hydroxylation sites is 1. The van der Waals surface area contributed by atoms with Gasteiger partial charge < -0.3 is 5.11 Å². The molecule has 1 N–H and O–H groups in total. The first-order chi connectivity index (χ1) is 22.7. The molecule has 8 rings (SSSR count). The van der Waals surface area contributed by atoms with E-state index in [-0.39, 0.29) is 23.7 Å². The van der Waals surface area contributed by atoms with Crippen molar-refractivity contribution in [2.45, 2.75) is 30.3 Å². The number of rotatable bonds is 4. The number of aromatic hydroxyl groups is 1. The van der Waals surface area contributed by atoms with Crippen molar-refractivity contribution in [2.75, 3.05) is 4.90 Å². The second-order valence-electron chi connectivity index (χ2n) is 12.0. The number of fused-ring (bicyclic) bond motifs is 4. The zero-order valence-electron chi connectivity index (χ0n) is 24.7. The maximum absolute atomic E-state index is 15.2. The third-order valence-corrected chi connectivity index (χ3v) is 10.3. The molecule has 3 aliphatic rings. The van der Waals surface area contributed by atoms with Crippen LogP contribution in [0.25, 0.3) is 5.69 Å². The van der Waals surface area contributed by atoms with Crippen molar-refractivity contribution < 1.29 is 14.7 Å². The third-order valence-electron chi connectivity index (χ3n) is 9.74. The molecule has 0 bridgehead atoms. The van der Waals surface area contributed by atoms with Crippen LogP contribution in [0, 0.1) is 5.92 Å². The highest BCUT2D eigenvalue weighted by molar-refractivity contribution is 6.33. The van der Waals surface area contributed by atoms with Crippen molar-refractivity contribution in [2.24, 2.45) is 5.92 Å². The fourth-order valence-corrected chi connectivity index (χ4v) is 8.37. The standard InChI is InChI=1S/C36H26Cl2N4O5/c37-22-10-7-13-24(18-22)40-32(44)28-20-30-27(16-17-39-34(46)41(35(47)42(30)39)23-11-5-2-6-12-23)31(26-15-14-25(43)19-29(26)38)36(28,33(40)45)21-8-3-1-4-9-21/h1-16,18-19,28,30-31,43H,17,20H2. The van der Waals surface area contributed by atoms with Crippen LogP contribution in [0.15, 0.2) is 124 Å². The number of benzene rings is 4. The molecular formula is C36H26Cl2N4O5. The molecular weight excluding hydrogens is 639 g/mol. The summed E-state index contributed by atoms with van der Waals surface area (Å²) < 4.78 is 3.92. The van der Waals surface area contributed by atoms with Crippen LogP contribution in [0.4, 0.5) is 5.69 Å². The topological polar surface area (TPSA) is 107 Å². The summed E-state index contributed by atoms with van der Waals surface area (Å²) in [5, 5.41) is 10.9. The molecule has 1 aromatic heterocycles. The number of anilines is 1. The molecule has 1 saturated heterocycles. The number of carbonyl (C=O) groups is 2. The lowest BCUT2D eigenvalue weighted by molar-refractivity contribution is -0.124. The summed E-state index contributed by atoms with van der Waals surface area (Å²) in [5.74, 6) is -2.78. The lowest BCUT2D eigenvalue weighted by atomic mass is 9.53. The number of aromatic nitrogens is 3. The van der Waals surface area contributed by atoms with Gasteiger partial charge in [0, 0.05) is 16.0 Å². The summed E-state index contributed by atoms with van der Waals surface area (Å²) in [7, 11) is 0. The van der Waals surface area contributed by atoms with E-state index < -0.39 is 46.5 Å². The maximum atomic E-state index is 15.2. The highest BCUT2D eigenvalue weighted by atomic mass is 35.5. The lowest BCUT2D eigenvalue weighted by Gasteiger charge is -2.49. The number of carbonyl (C=O) groups excluding carboxylic acids is 2. The van der Waals surface area contributed by atoms with E-state index in [0.29, 0.717) is 33.1 Å². The molecule has 4 atom stereocenters. The molecule has 234 valence electrons. The molecule has 5 aromatic rings. The van der Waals surface area contributed by atoms with E-state index in [0.717, 1.165) is 4.57 Å². The largest absolute Gasteiger partial charge is 0.508 e. The Hall–Kier alpha value is -5.12. The summed E-state index contributed by atoms with van der Waals surface area (Å²) in [4.78, 5) is 59.0. The molecule has 1 saturated carbocycles. The van der Waals surface area contributed by atoms with Crippen LogP contribution in [0.5, 0.6) is 5.75 Å². The third kappa shape index (κ3) is 4.09. The van der Waals surface area contributed by atoms with Crippen LogP contribution < -0.4 is 16.3 Å². The van der Waals surface area contributed by atoms with Crippen molar-refractivity contribution in [3.63, 3.8) is 0 Å². The number of halogens is 2. The van der Waals surface area contributed by atoms with E-state index in [2.05, 4.69) is 0 Å². The van der Waals surface area contributed by atoms with Gasteiger partial charge in [-0.15, -0.1) is 0 Å². The van der Waals surface area contributed by atoms with Crippen molar-refractivity contribution >= 4 is 40.7 Å². The first kappa shape index (κ1) is 29.3. The average Bonchev–Trinajstić information content (AvgIpc) is 3.46. The van der Waals surface area contributed by atoms with E-state index in [4.69, 9.17) is 23.2 Å². The number of nitrogens with zero attached hydrogens (tertiary/aromatic N) is 4. The van der Waals surface area contributed by atoms with Gasteiger partial charge in [-0.2, -0.15) is 0 Å². The molecule has 9 nitrogen and oxygen atoms in total. The molecule has 1 aliphatic carbocycles. The summed E-state index contributed by atoms with van der Waals surface area (Å²) in [5.41, 5.74) is -0.00263. The Kier molecular flexibility index (Phi) is 6.68. The molecule has 0 spiro atoms. The molecule has 4 aromatic carbocycles. The van der Waals surface area contributed by atoms with Gasteiger partial charge in [0.2, 0.25) is 11.8 Å². The Bertz CT molecular complexity index is 2260. The highest BCUT2D eigenvalue weighted by Crippen LogP contribution is 2.63. The Morgan fingerprint density at radius 1 is 0.766 bits per heavy atom. The van der Waals surface area contributed by atoms with E-state index in [9.17, 15) is 19.5 Å². The second kappa shape index (κ2) is 10.7. The van der Waals surface area contributed by atoms with Gasteiger partial charge in [0.05, 0.1) is 35.3 Å². The molecule has 11 heteroatoms. The van der Waals surface area contributed by atoms with Gasteiger partial charge in [0.15, 0.2) is 0 Å². The average molecular weight is 666 g/mol. The van der Waals surface area contributed by atoms with Gasteiger partial charge in [-0.25, -0.2) is 28.4 Å². The predicted molar refractivity (Wildman–Crippen MR) is 177 cm³/mol. The van der Waals surface area contributed by atoms with Crippen molar-refractivity contribution in [1.29, 1.82) is 0 Å². The molecule has 3 heterocycles. The number of hydrogen-bond acceptors (Lipinski definition) is 5. The van der Waals surface area contributed by atoms with Crippen LogP contribution in [-0.4, -0.2) is 30.9 Å². The van der Waals surface area contributed by atoms with Gasteiger partial charge in [-0.3, -0.25) is 9.59 Å². The minimum Gasteiger partial charge on any atom is -0.508 e. The quantitative estimate of drug-likeness (QED) is 0.199. The van der Waals surface area contributed by atoms with Crippen molar-refractivity contribution in [1.82, 2.24) is 13.9 Å². The molecule has 2 fully saturated rings. The van der Waals surface area contributed by atoms with E-state index in [1.54, 1.807) is 60.7 Å². The molecule has 2 aliphatic heterocycles. The minimum absolute atomic E-state index is 0.0572. The van der Waals surface area contributed by atoms with Crippen molar-refractivity contribution in [3.8, 4) is 11.4 Å². The first-order valence-electron chi connectivity index (χ1n) is 15.1. The van der Waals surface area contributed by atoms with Crippen LogP contribution in [0.1, 0.15) is 29.5 Å². The van der Waals surface area contributed by atoms with Gasteiger partial charge in [0.1, 0.15) is 5.75 Å². The molecule has 47 heavy (non-hydrogen) atoms. The summed E-state index contributed by atoms with van der Waals surface area (Å²) in [6, 6.07) is 28.2. The monoisotopic (exact) mass is 664 g/mol. The number of hydrogen-bond donors (Lipinski definition) is 1. The minimum atomic E-state index is -1.49. The summed E-state index contributed by atoms with van der Waals surface area (Å²) >= 11 is 13.2. The van der Waals surface area contributed by atoms with Gasteiger partial charge in [-0.05, 0) is 65.6 Å². The summed E-state index contributed by atoms with van der Waals surface area (Å²) in [6.07, 6.45) is 1.93. The Balaban J connectivity index is 1.43. The van der Waals surface area contributed by atoms with E-state index in [1.165, 1.54) is 26.4 Å². The van der Waals surface area contributed by atoms with Gasteiger partial charge in [0.25, 0.3) is 0 Å². The number of allylic oxidation sites excluding steroid dienone is 2. The lowest BCUT2D eigenvalue weighted by Crippen LogP contribution is -2.53. The molecule has 2 amide bonds. The Labute approximate surface area is 278 Å². The maximum Gasteiger partial charge on any atom is 0.352 e. The second-order valence-corrected chi connectivity index (χ2v) is 12.8. The zero-order valence-corrected chi connectivity index (χ0v) is 26.2. The van der Waals surface area contributed by atoms with Gasteiger partial charge >= 0.3 is 11.4 Å². The Morgan fingerprint density at radius 2 is 1.47 bits per heavy atom. The fraction of sp³-hybridized carbons (Fsp3) is 0.167. The number of amides is 2. The normalized spacial score (nSPS) is 23.2. The van der Waals surface area contributed by atoms with E-state index in [1.807, 2.05) is 36.4 Å². The van der Waals surface area contributed by atoms with Crippen LogP contribution in [0.3, 0.4) is 0 Å². The van der Waals surface area contributed by atoms with Crippen LogP contribution >= 0.6 is 23.2 Å². The number of imide groups is 1. The number of phenolic OH excluding ortho intramolecular Hbond substituents is 1. The Morgan fingerprint density at radius 3 is 2.17 bits per heavy atom. The van der Waals surface area contributed by atoms with Gasteiger partial charge in [-0.1, -0.05) is 89.9 Å². The predicted octanol–water partition coefficient (Wildman–Crippen LogP) is 5.61. The highest BCUT2D eigenvalue weighted by Gasteiger charge is 2.68.